The largest absolute Gasteiger partial charge is 0.452 e. The number of benzene rings is 8. The van der Waals surface area contributed by atoms with Crippen LogP contribution in [0.1, 0.15) is 56.7 Å². The van der Waals surface area contributed by atoms with Crippen molar-refractivity contribution in [1.29, 1.82) is 0 Å². The number of hydrogen-bond donors (Lipinski definition) is 0. The zero-order valence-corrected chi connectivity index (χ0v) is 35.4. The van der Waals surface area contributed by atoms with Gasteiger partial charge < -0.3 is 4.74 Å². The number of ketones is 4. The summed E-state index contributed by atoms with van der Waals surface area (Å²) >= 11 is 2.74. The van der Waals surface area contributed by atoms with Crippen LogP contribution >= 0.6 is 22.7 Å². The molecule has 0 bridgehead atoms. The van der Waals surface area contributed by atoms with Crippen LogP contribution in [-0.4, -0.2) is 44.2 Å². The summed E-state index contributed by atoms with van der Waals surface area (Å²) < 4.78 is 7.15. The molecule has 0 amide bonds. The summed E-state index contributed by atoms with van der Waals surface area (Å²) in [6.07, 6.45) is 2.48. The second-order valence-corrected chi connectivity index (χ2v) is 18.5. The van der Waals surface area contributed by atoms with Gasteiger partial charge in [0.25, 0.3) is 0 Å². The van der Waals surface area contributed by atoms with Crippen LogP contribution in [0, 0.1) is 0 Å². The van der Waals surface area contributed by atoms with Crippen LogP contribution in [0.15, 0.2) is 151 Å². The van der Waals surface area contributed by atoms with Gasteiger partial charge in [-0.15, -0.1) is 32.9 Å². The van der Waals surface area contributed by atoms with E-state index in [0.29, 0.717) is 53.8 Å². The molecule has 11 aromatic rings. The lowest BCUT2D eigenvalue weighted by molar-refractivity contribution is 0.0975. The summed E-state index contributed by atoms with van der Waals surface area (Å²) in [6.45, 7) is 0.0155. The fraction of sp³-hybridized carbons (Fsp3) is 0.0185. The zero-order valence-electron chi connectivity index (χ0n) is 33.7. The number of rotatable bonds is 4. The Labute approximate surface area is 375 Å². The lowest BCUT2D eigenvalue weighted by atomic mass is 9.99. The number of fused-ring (bicyclic) bond motifs is 12. The van der Waals surface area contributed by atoms with Crippen LogP contribution in [0.5, 0.6) is 0 Å². The molecule has 0 radical (unpaired) electrons. The van der Waals surface area contributed by atoms with Crippen molar-refractivity contribution in [2.75, 3.05) is 0 Å². The Morgan fingerprint density at radius 3 is 1.23 bits per heavy atom. The van der Waals surface area contributed by atoms with E-state index in [1.165, 1.54) is 22.7 Å². The van der Waals surface area contributed by atoms with Gasteiger partial charge in [0, 0.05) is 42.8 Å². The zero-order chi connectivity index (χ0) is 43.7. The summed E-state index contributed by atoms with van der Waals surface area (Å²) in [5.41, 5.74) is 3.19. The average Bonchev–Trinajstić information content (AvgIpc) is 4.15. The molecule has 3 aromatic heterocycles. The molecule has 0 N–H and O–H groups in total. The maximum Gasteiger partial charge on any atom is 0.452 e. The van der Waals surface area contributed by atoms with E-state index in [9.17, 15) is 24.0 Å². The number of hydrogen-bond acceptors (Lipinski definition) is 10. The van der Waals surface area contributed by atoms with Crippen LogP contribution in [0.25, 0.3) is 86.4 Å². The first-order chi connectivity index (χ1) is 31.7. The third-order valence-electron chi connectivity index (χ3n) is 12.4. The smallest absolute Gasteiger partial charge is 0.442 e. The van der Waals surface area contributed by atoms with Crippen LogP contribution in [-0.2, 0) is 11.3 Å². The summed E-state index contributed by atoms with van der Waals surface area (Å²) in [4.78, 5) is 71.7. The predicted molar refractivity (Wildman–Crippen MR) is 257 cm³/mol. The van der Waals surface area contributed by atoms with E-state index < -0.39 is 6.09 Å². The van der Waals surface area contributed by atoms with Gasteiger partial charge in [-0.25, -0.2) is 4.79 Å². The van der Waals surface area contributed by atoms with Gasteiger partial charge in [0.15, 0.2) is 23.1 Å². The second kappa shape index (κ2) is 13.9. The Hall–Kier alpha value is -8.25. The molecule has 11 heteroatoms. The average molecular weight is 878 g/mol. The molecule has 13 rings (SSSR count). The molecule has 0 unspecified atom stereocenters. The van der Waals surface area contributed by atoms with Crippen LogP contribution in [0.4, 0.5) is 4.79 Å². The highest BCUT2D eigenvalue weighted by atomic mass is 32.1. The Morgan fingerprint density at radius 2 is 0.846 bits per heavy atom. The molecule has 65 heavy (non-hydrogen) atoms. The van der Waals surface area contributed by atoms with Gasteiger partial charge >= 0.3 is 6.09 Å². The highest BCUT2D eigenvalue weighted by molar-refractivity contribution is 7.28. The van der Waals surface area contributed by atoms with Crippen molar-refractivity contribution < 1.29 is 28.7 Å². The first-order valence-electron chi connectivity index (χ1n) is 20.7. The number of ether oxygens (including phenoxy) is 1. The Morgan fingerprint density at radius 1 is 0.477 bits per heavy atom. The van der Waals surface area contributed by atoms with Crippen LogP contribution in [0.2, 0.25) is 0 Å². The summed E-state index contributed by atoms with van der Waals surface area (Å²) in [5, 5.41) is 18.2. The third kappa shape index (κ3) is 5.79. The molecule has 3 heterocycles. The van der Waals surface area contributed by atoms with Crippen molar-refractivity contribution in [3.8, 4) is 0 Å². The van der Waals surface area contributed by atoms with Crippen LogP contribution in [0.3, 0.4) is 0 Å². The Bertz CT molecular complexity index is 3730. The number of nitrogens with zero attached hydrogens (tertiary/aromatic N) is 3. The number of thiophene rings is 2. The first kappa shape index (κ1) is 37.3. The fourth-order valence-corrected chi connectivity index (χ4v) is 11.6. The number of aromatic nitrogens is 3. The Kier molecular flexibility index (Phi) is 7.97. The van der Waals surface area contributed by atoms with Gasteiger partial charge in [-0.3, -0.25) is 19.2 Å². The lowest BCUT2D eigenvalue weighted by Crippen LogP contribution is -2.16. The van der Waals surface area contributed by atoms with E-state index in [0.717, 1.165) is 62.8 Å². The quantitative estimate of drug-likeness (QED) is 0.0972. The molecule has 8 aromatic carbocycles. The number of carbonyl (C=O) groups is 5. The minimum absolute atomic E-state index is 0.0155. The minimum Gasteiger partial charge on any atom is -0.442 e. The fourth-order valence-electron chi connectivity index (χ4n) is 9.25. The van der Waals surface area contributed by atoms with Crippen molar-refractivity contribution in [3.05, 3.63) is 188 Å². The molecule has 0 fully saturated rings. The second-order valence-electron chi connectivity index (χ2n) is 16.3. The minimum atomic E-state index is -0.776. The molecule has 9 nitrogen and oxygen atoms in total. The summed E-state index contributed by atoms with van der Waals surface area (Å²) in [7, 11) is 0. The molecular formula is C54H27N3O6S2. The van der Waals surface area contributed by atoms with E-state index >= 15 is 0 Å². The van der Waals surface area contributed by atoms with Gasteiger partial charge in [-0.1, -0.05) is 83.7 Å². The van der Waals surface area contributed by atoms with Crippen LogP contribution < -0.4 is 0 Å². The molecule has 0 saturated heterocycles. The SMILES string of the molecule is O=C1C(=Cc2cc3c4nn(C(=O)OCc5ccccc5)nc4c4cc(C=C5C(=O)c6cc7cc8ccccc8cc7cc6C5=O)sc4c3s2)C(=O)c2cc3cc4ccccc4cc3cc21. The maximum absolute atomic E-state index is 14.0. The molecule has 0 aliphatic heterocycles. The van der Waals surface area contributed by atoms with Crippen molar-refractivity contribution in [2.45, 2.75) is 6.61 Å². The lowest BCUT2D eigenvalue weighted by Gasteiger charge is -2.04. The summed E-state index contributed by atoms with van der Waals surface area (Å²) in [6, 6.07) is 44.3. The predicted octanol–water partition coefficient (Wildman–Crippen LogP) is 12.6. The van der Waals surface area contributed by atoms with Gasteiger partial charge in [0.05, 0.1) is 20.5 Å². The van der Waals surface area contributed by atoms with Gasteiger partial charge in [-0.2, -0.15) is 0 Å². The highest BCUT2D eigenvalue weighted by Gasteiger charge is 2.35. The molecule has 0 saturated carbocycles. The van der Waals surface area contributed by atoms with Crippen molar-refractivity contribution >= 4 is 138 Å². The molecular weight excluding hydrogens is 851 g/mol. The molecule has 2 aliphatic rings. The number of carbonyl (C=O) groups excluding carboxylic acids is 5. The Balaban J connectivity index is 0.927. The van der Waals surface area contributed by atoms with E-state index in [2.05, 4.69) is 10.2 Å². The van der Waals surface area contributed by atoms with Gasteiger partial charge in [0.1, 0.15) is 17.6 Å². The van der Waals surface area contributed by atoms with E-state index in [-0.39, 0.29) is 40.9 Å². The summed E-state index contributed by atoms with van der Waals surface area (Å²) in [5.74, 6) is -1.40. The first-order valence-corrected chi connectivity index (χ1v) is 22.4. The van der Waals surface area contributed by atoms with Crippen molar-refractivity contribution in [2.24, 2.45) is 0 Å². The highest BCUT2D eigenvalue weighted by Crippen LogP contribution is 2.45. The molecule has 0 spiro atoms. The monoisotopic (exact) mass is 877 g/mol. The number of Topliss-reactive ketones (excluding diaryl/α,β-unsaturated/α-hetero) is 4. The molecule has 0 atom stereocenters. The maximum atomic E-state index is 14.0. The molecule has 306 valence electrons. The standard InChI is InChI=1S/C54H27N3O6S2/c58-48-38-18-32-14-28-10-4-5-11-29(28)15-33(32)19-39(38)49(59)44(48)24-36-22-42-46-47(56-57(55-46)54(62)63-26-27-8-2-1-3-9-27)43-23-37(65-53(43)52(42)64-36)25-45-50(60)40-20-34-16-30-12-6-7-13-31(30)17-35(34)21-41(40)51(45)61/h1-25H,26H2. The van der Waals surface area contributed by atoms with E-state index in [1.807, 2.05) is 115 Å². The van der Waals surface area contributed by atoms with Crippen molar-refractivity contribution in [3.63, 3.8) is 0 Å². The number of allylic oxidation sites excluding steroid dienone is 2. The van der Waals surface area contributed by atoms with E-state index in [4.69, 9.17) is 4.74 Å². The normalized spacial score (nSPS) is 13.7. The molecule has 2 aliphatic carbocycles. The topological polar surface area (TPSA) is 125 Å². The third-order valence-corrected chi connectivity index (χ3v) is 14.7. The van der Waals surface area contributed by atoms with E-state index in [1.54, 1.807) is 36.4 Å². The van der Waals surface area contributed by atoms with Gasteiger partial charge in [0.2, 0.25) is 0 Å². The van der Waals surface area contributed by atoms with Gasteiger partial charge in [-0.05, 0) is 121 Å². The van der Waals surface area contributed by atoms with Crippen molar-refractivity contribution in [1.82, 2.24) is 15.0 Å².